The van der Waals surface area contributed by atoms with Gasteiger partial charge in [-0.05, 0) is 59.8 Å². The van der Waals surface area contributed by atoms with Gasteiger partial charge in [0, 0.05) is 11.5 Å². The predicted octanol–water partition coefficient (Wildman–Crippen LogP) is 4.99. The lowest BCUT2D eigenvalue weighted by atomic mass is 9.88. The molecule has 5 rings (SSSR count). The molecule has 1 spiro atoms. The van der Waals surface area contributed by atoms with Gasteiger partial charge in [-0.2, -0.15) is 0 Å². The third-order valence-corrected chi connectivity index (χ3v) is 10.00. The summed E-state index contributed by atoms with van der Waals surface area (Å²) in [6, 6.07) is 18.5. The molecule has 118 valence electrons. The van der Waals surface area contributed by atoms with Crippen LogP contribution in [0.1, 0.15) is 22.3 Å². The highest BCUT2D eigenvalue weighted by molar-refractivity contribution is 8.21. The van der Waals surface area contributed by atoms with E-state index in [9.17, 15) is 0 Å². The quantitative estimate of drug-likeness (QED) is 0.663. The molecule has 2 bridgehead atoms. The summed E-state index contributed by atoms with van der Waals surface area (Å²) in [5, 5.41) is 0. The smallest absolute Gasteiger partial charge is 0.0680 e. The summed E-state index contributed by atoms with van der Waals surface area (Å²) in [6.07, 6.45) is 5.06. The van der Waals surface area contributed by atoms with E-state index in [4.69, 9.17) is 0 Å². The SMILES string of the molecule is c1ccc2c(c1)CC1Cc3ccccc3CC(C2)C12SCCS2. The van der Waals surface area contributed by atoms with Crippen LogP contribution in [0.2, 0.25) is 0 Å². The van der Waals surface area contributed by atoms with Crippen molar-refractivity contribution in [2.24, 2.45) is 11.8 Å². The van der Waals surface area contributed by atoms with E-state index >= 15 is 0 Å². The lowest BCUT2D eigenvalue weighted by Gasteiger charge is -2.39. The zero-order valence-corrected chi connectivity index (χ0v) is 15.0. The molecule has 2 heteroatoms. The zero-order chi connectivity index (χ0) is 15.3. The molecule has 1 saturated heterocycles. The molecule has 0 unspecified atom stereocenters. The van der Waals surface area contributed by atoms with Gasteiger partial charge in [-0.1, -0.05) is 48.5 Å². The van der Waals surface area contributed by atoms with Crippen LogP contribution in [0.15, 0.2) is 48.5 Å². The molecule has 2 aliphatic carbocycles. The number of fused-ring (bicyclic) bond motifs is 2. The van der Waals surface area contributed by atoms with E-state index in [1.165, 1.54) is 37.2 Å². The molecule has 2 aromatic rings. The van der Waals surface area contributed by atoms with Crippen molar-refractivity contribution < 1.29 is 0 Å². The molecule has 1 fully saturated rings. The van der Waals surface area contributed by atoms with Gasteiger partial charge in [-0.15, -0.1) is 23.5 Å². The van der Waals surface area contributed by atoms with Crippen LogP contribution in [-0.4, -0.2) is 15.6 Å². The van der Waals surface area contributed by atoms with Gasteiger partial charge in [0.05, 0.1) is 4.08 Å². The van der Waals surface area contributed by atoms with Crippen molar-refractivity contribution >= 4 is 23.5 Å². The summed E-state index contributed by atoms with van der Waals surface area (Å²) in [4.78, 5) is 0. The van der Waals surface area contributed by atoms with Crippen LogP contribution in [0.25, 0.3) is 0 Å². The number of hydrogen-bond donors (Lipinski definition) is 0. The predicted molar refractivity (Wildman–Crippen MR) is 102 cm³/mol. The van der Waals surface area contributed by atoms with Crippen LogP contribution in [0, 0.1) is 11.8 Å². The Labute approximate surface area is 147 Å². The highest BCUT2D eigenvalue weighted by atomic mass is 32.2. The van der Waals surface area contributed by atoms with E-state index in [2.05, 4.69) is 72.1 Å². The number of thioether (sulfide) groups is 2. The second-order valence-electron chi connectivity index (χ2n) is 7.17. The minimum Gasteiger partial charge on any atom is -0.143 e. The molecule has 2 aromatic carbocycles. The second-order valence-corrected chi connectivity index (χ2v) is 10.2. The zero-order valence-electron chi connectivity index (χ0n) is 13.3. The van der Waals surface area contributed by atoms with E-state index in [0.717, 1.165) is 11.8 Å². The maximum Gasteiger partial charge on any atom is 0.0680 e. The number of rotatable bonds is 0. The first-order chi connectivity index (χ1) is 11.4. The lowest BCUT2D eigenvalue weighted by molar-refractivity contribution is 0.379. The van der Waals surface area contributed by atoms with Crippen LogP contribution >= 0.6 is 23.5 Å². The largest absolute Gasteiger partial charge is 0.143 e. The van der Waals surface area contributed by atoms with Crippen LogP contribution in [0.5, 0.6) is 0 Å². The minimum atomic E-state index is 0.443. The van der Waals surface area contributed by atoms with E-state index in [1.807, 2.05) is 0 Å². The summed E-state index contributed by atoms with van der Waals surface area (Å²) in [6.45, 7) is 0. The van der Waals surface area contributed by atoms with E-state index in [1.54, 1.807) is 22.3 Å². The molecule has 0 aromatic heterocycles. The van der Waals surface area contributed by atoms with Gasteiger partial charge in [0.2, 0.25) is 0 Å². The van der Waals surface area contributed by atoms with Crippen molar-refractivity contribution in [3.63, 3.8) is 0 Å². The van der Waals surface area contributed by atoms with Gasteiger partial charge in [-0.25, -0.2) is 0 Å². The van der Waals surface area contributed by atoms with E-state index in [-0.39, 0.29) is 0 Å². The third kappa shape index (κ3) is 2.29. The Kier molecular flexibility index (Phi) is 3.52. The first kappa shape index (κ1) is 14.5. The lowest BCUT2D eigenvalue weighted by Crippen LogP contribution is -2.38. The molecule has 1 aliphatic heterocycles. The topological polar surface area (TPSA) is 0 Å². The summed E-state index contributed by atoms with van der Waals surface area (Å²) < 4.78 is 0.443. The van der Waals surface area contributed by atoms with Crippen molar-refractivity contribution in [1.29, 1.82) is 0 Å². The van der Waals surface area contributed by atoms with E-state index < -0.39 is 0 Å². The van der Waals surface area contributed by atoms with Gasteiger partial charge in [0.15, 0.2) is 0 Å². The number of hydrogen-bond acceptors (Lipinski definition) is 2. The molecule has 0 amide bonds. The first-order valence-electron chi connectivity index (χ1n) is 8.76. The summed E-state index contributed by atoms with van der Waals surface area (Å²) >= 11 is 4.58. The average Bonchev–Trinajstić information content (AvgIpc) is 2.99. The van der Waals surface area contributed by atoms with Gasteiger partial charge in [-0.3, -0.25) is 0 Å². The summed E-state index contributed by atoms with van der Waals surface area (Å²) in [7, 11) is 0. The standard InChI is InChI=1S/C21H22S2/c1-2-6-16-12-20-14-18-8-4-3-7-17(18)13-19(11-15(16)5-1)21(20)22-9-10-23-21/h1-8,19-20H,9-14H2. The van der Waals surface area contributed by atoms with Crippen LogP contribution in [0.3, 0.4) is 0 Å². The maximum absolute atomic E-state index is 2.39. The minimum absolute atomic E-state index is 0.443. The Morgan fingerprint density at radius 1 is 0.609 bits per heavy atom. The maximum atomic E-state index is 2.39. The van der Waals surface area contributed by atoms with Crippen molar-refractivity contribution in [2.45, 2.75) is 29.8 Å². The monoisotopic (exact) mass is 338 g/mol. The van der Waals surface area contributed by atoms with Gasteiger partial charge in [0.25, 0.3) is 0 Å². The van der Waals surface area contributed by atoms with Gasteiger partial charge >= 0.3 is 0 Å². The van der Waals surface area contributed by atoms with Crippen molar-refractivity contribution in [1.82, 2.24) is 0 Å². The molecular formula is C21H22S2. The molecule has 0 atom stereocenters. The molecule has 0 radical (unpaired) electrons. The summed E-state index contributed by atoms with van der Waals surface area (Å²) in [5.41, 5.74) is 6.47. The second kappa shape index (κ2) is 5.60. The van der Waals surface area contributed by atoms with Gasteiger partial charge in [0.1, 0.15) is 0 Å². The Morgan fingerprint density at radius 2 is 0.957 bits per heavy atom. The average molecular weight is 339 g/mol. The van der Waals surface area contributed by atoms with E-state index in [0.29, 0.717) is 4.08 Å². The highest BCUT2D eigenvalue weighted by Crippen LogP contribution is 2.59. The first-order valence-corrected chi connectivity index (χ1v) is 10.7. The fourth-order valence-corrected chi connectivity index (χ4v) is 8.68. The highest BCUT2D eigenvalue weighted by Gasteiger charge is 2.51. The molecule has 0 N–H and O–H groups in total. The molecular weight excluding hydrogens is 316 g/mol. The fraction of sp³-hybridized carbons (Fsp3) is 0.429. The Morgan fingerprint density at radius 3 is 1.30 bits per heavy atom. The van der Waals surface area contributed by atoms with Crippen LogP contribution in [0.4, 0.5) is 0 Å². The Balaban J connectivity index is 1.66. The normalized spacial score (nSPS) is 27.8. The summed E-state index contributed by atoms with van der Waals surface area (Å²) in [5.74, 6) is 4.23. The third-order valence-electron chi connectivity index (χ3n) is 5.98. The Hall–Kier alpha value is -0.860. The molecule has 23 heavy (non-hydrogen) atoms. The Bertz CT molecular complexity index is 623. The van der Waals surface area contributed by atoms with Crippen LogP contribution in [-0.2, 0) is 25.7 Å². The molecule has 1 heterocycles. The van der Waals surface area contributed by atoms with Crippen LogP contribution < -0.4 is 0 Å². The van der Waals surface area contributed by atoms with Crippen molar-refractivity contribution in [3.05, 3.63) is 70.8 Å². The van der Waals surface area contributed by atoms with Gasteiger partial charge < -0.3 is 0 Å². The fourth-order valence-electron chi connectivity index (χ4n) is 4.94. The van der Waals surface area contributed by atoms with Crippen molar-refractivity contribution in [2.75, 3.05) is 11.5 Å². The number of benzene rings is 2. The van der Waals surface area contributed by atoms with Crippen molar-refractivity contribution in [3.8, 4) is 0 Å². The molecule has 3 aliphatic rings. The molecule has 0 saturated carbocycles. The molecule has 0 nitrogen and oxygen atoms in total.